The second-order valence-corrected chi connectivity index (χ2v) is 7.98. The van der Waals surface area contributed by atoms with Gasteiger partial charge in [-0.15, -0.1) is 0 Å². The molecule has 1 saturated heterocycles. The fraction of sp³-hybridized carbons (Fsp3) is 0.280. The van der Waals surface area contributed by atoms with Gasteiger partial charge < -0.3 is 5.32 Å². The molecule has 1 fully saturated rings. The number of nitrogens with one attached hydrogen (secondary N) is 1. The van der Waals surface area contributed by atoms with Crippen molar-refractivity contribution in [2.24, 2.45) is 5.92 Å². The lowest BCUT2D eigenvalue weighted by Gasteiger charge is -2.37. The van der Waals surface area contributed by atoms with Crippen LogP contribution in [0.1, 0.15) is 40.5 Å². The molecular formula is C25H25F2N3O. The molecule has 6 heteroatoms. The fourth-order valence-electron chi connectivity index (χ4n) is 4.25. The third-order valence-corrected chi connectivity index (χ3v) is 5.69. The van der Waals surface area contributed by atoms with E-state index in [1.165, 1.54) is 24.3 Å². The summed E-state index contributed by atoms with van der Waals surface area (Å²) in [5.41, 5.74) is 2.00. The predicted molar refractivity (Wildman–Crippen MR) is 115 cm³/mol. The monoisotopic (exact) mass is 421 g/mol. The van der Waals surface area contributed by atoms with Crippen molar-refractivity contribution in [3.63, 3.8) is 0 Å². The van der Waals surface area contributed by atoms with Gasteiger partial charge >= 0.3 is 0 Å². The first-order valence-corrected chi connectivity index (χ1v) is 10.5. The summed E-state index contributed by atoms with van der Waals surface area (Å²) in [6.45, 7) is 2.32. The molecule has 3 aromatic rings. The number of rotatable bonds is 6. The number of hydrogen-bond donors (Lipinski definition) is 1. The highest BCUT2D eigenvalue weighted by Crippen LogP contribution is 2.30. The van der Waals surface area contributed by atoms with Crippen molar-refractivity contribution in [2.45, 2.75) is 25.4 Å². The van der Waals surface area contributed by atoms with Crippen LogP contribution in [0.4, 0.5) is 8.78 Å². The van der Waals surface area contributed by atoms with Gasteiger partial charge in [-0.05, 0) is 73.3 Å². The lowest BCUT2D eigenvalue weighted by Crippen LogP contribution is -2.43. The average Bonchev–Trinajstić information content (AvgIpc) is 2.78. The van der Waals surface area contributed by atoms with Crippen molar-refractivity contribution >= 4 is 5.91 Å². The normalized spacial score (nSPS) is 17.8. The van der Waals surface area contributed by atoms with Gasteiger partial charge in [-0.1, -0.05) is 24.3 Å². The zero-order valence-corrected chi connectivity index (χ0v) is 17.2. The van der Waals surface area contributed by atoms with E-state index < -0.39 is 5.82 Å². The molecule has 0 unspecified atom stereocenters. The number of carbonyl (C=O) groups excluding carboxylic acids is 1. The highest BCUT2D eigenvalue weighted by atomic mass is 19.1. The van der Waals surface area contributed by atoms with Crippen molar-refractivity contribution in [3.8, 4) is 0 Å². The van der Waals surface area contributed by atoms with E-state index in [2.05, 4.69) is 15.2 Å². The van der Waals surface area contributed by atoms with E-state index in [-0.39, 0.29) is 29.2 Å². The second-order valence-electron chi connectivity index (χ2n) is 7.98. The molecule has 0 aliphatic carbocycles. The molecule has 1 aliphatic heterocycles. The van der Waals surface area contributed by atoms with Crippen molar-refractivity contribution in [3.05, 3.63) is 101 Å². The first kappa shape index (κ1) is 21.1. The Morgan fingerprint density at radius 3 is 2.61 bits per heavy atom. The van der Waals surface area contributed by atoms with E-state index in [1.807, 2.05) is 24.3 Å². The van der Waals surface area contributed by atoms with Gasteiger partial charge in [-0.3, -0.25) is 14.7 Å². The van der Waals surface area contributed by atoms with E-state index in [1.54, 1.807) is 24.4 Å². The van der Waals surface area contributed by atoms with Gasteiger partial charge in [0.15, 0.2) is 0 Å². The Hall–Kier alpha value is -3.12. The van der Waals surface area contributed by atoms with Crippen molar-refractivity contribution in [1.82, 2.24) is 15.2 Å². The summed E-state index contributed by atoms with van der Waals surface area (Å²) < 4.78 is 27.2. The number of carbonyl (C=O) groups is 1. The number of likely N-dealkylation sites (tertiary alicyclic amines) is 1. The third-order valence-electron chi connectivity index (χ3n) is 5.69. The molecular weight excluding hydrogens is 396 g/mol. The standard InChI is InChI=1S/C25H25F2N3O/c26-21-9-3-6-18(14-21)16-30-13-5-8-20(17-30)24(23-11-1-2-12-28-23)29-25(31)19-7-4-10-22(27)15-19/h1-4,6-7,9-12,14-15,20,24H,5,8,13,16-17H2,(H,29,31)/t20-,24-/m1/s1. The summed E-state index contributed by atoms with van der Waals surface area (Å²) in [4.78, 5) is 19.6. The number of amides is 1. The molecule has 0 bridgehead atoms. The highest BCUT2D eigenvalue weighted by Gasteiger charge is 2.30. The SMILES string of the molecule is O=C(N[C@@H](c1ccccn1)[C@@H]1CCCN(Cc2cccc(F)c2)C1)c1cccc(F)c1. The van der Waals surface area contributed by atoms with Crippen LogP contribution in [0, 0.1) is 17.6 Å². The van der Waals surface area contributed by atoms with Crippen LogP contribution >= 0.6 is 0 Å². The van der Waals surface area contributed by atoms with Gasteiger partial charge in [-0.25, -0.2) is 8.78 Å². The molecule has 2 heterocycles. The van der Waals surface area contributed by atoms with Gasteiger partial charge in [0.2, 0.25) is 0 Å². The van der Waals surface area contributed by atoms with Crippen LogP contribution in [-0.4, -0.2) is 28.9 Å². The van der Waals surface area contributed by atoms with E-state index >= 15 is 0 Å². The summed E-state index contributed by atoms with van der Waals surface area (Å²) in [7, 11) is 0. The van der Waals surface area contributed by atoms with Gasteiger partial charge in [0.05, 0.1) is 11.7 Å². The Kier molecular flexibility index (Phi) is 6.67. The molecule has 0 radical (unpaired) electrons. The molecule has 1 aliphatic rings. The molecule has 1 N–H and O–H groups in total. The van der Waals surface area contributed by atoms with Gasteiger partial charge in [0, 0.05) is 24.8 Å². The van der Waals surface area contributed by atoms with Gasteiger partial charge in [0.1, 0.15) is 11.6 Å². The summed E-state index contributed by atoms with van der Waals surface area (Å²) in [6, 6.07) is 17.7. The number of piperidine rings is 1. The first-order valence-electron chi connectivity index (χ1n) is 10.5. The minimum absolute atomic E-state index is 0.134. The lowest BCUT2D eigenvalue weighted by molar-refractivity contribution is 0.0874. The molecule has 2 aromatic carbocycles. The number of benzene rings is 2. The van der Waals surface area contributed by atoms with Crippen molar-refractivity contribution in [2.75, 3.05) is 13.1 Å². The molecule has 160 valence electrons. The van der Waals surface area contributed by atoms with Crippen LogP contribution in [-0.2, 0) is 6.54 Å². The lowest BCUT2D eigenvalue weighted by atomic mass is 9.88. The Labute approximate surface area is 180 Å². The van der Waals surface area contributed by atoms with Crippen LogP contribution in [0.3, 0.4) is 0 Å². The summed E-state index contributed by atoms with van der Waals surface area (Å²) >= 11 is 0. The Balaban J connectivity index is 1.52. The molecule has 4 rings (SSSR count). The fourth-order valence-corrected chi connectivity index (χ4v) is 4.25. The Bertz CT molecular complexity index is 1030. The highest BCUT2D eigenvalue weighted by molar-refractivity contribution is 5.94. The van der Waals surface area contributed by atoms with Crippen LogP contribution in [0.5, 0.6) is 0 Å². The van der Waals surface area contributed by atoms with Gasteiger partial charge in [-0.2, -0.15) is 0 Å². The number of pyridine rings is 1. The maximum Gasteiger partial charge on any atom is 0.251 e. The smallest absolute Gasteiger partial charge is 0.251 e. The predicted octanol–water partition coefficient (Wildman–Crippen LogP) is 4.74. The zero-order valence-electron chi connectivity index (χ0n) is 17.2. The average molecular weight is 421 g/mol. The topological polar surface area (TPSA) is 45.2 Å². The molecule has 0 spiro atoms. The molecule has 0 saturated carbocycles. The second kappa shape index (κ2) is 9.79. The number of hydrogen-bond acceptors (Lipinski definition) is 3. The Morgan fingerprint density at radius 2 is 1.87 bits per heavy atom. The van der Waals surface area contributed by atoms with Crippen LogP contribution in [0.15, 0.2) is 72.9 Å². The Morgan fingerprint density at radius 1 is 1.06 bits per heavy atom. The van der Waals surface area contributed by atoms with Crippen molar-refractivity contribution < 1.29 is 13.6 Å². The maximum absolute atomic E-state index is 13.6. The molecule has 4 nitrogen and oxygen atoms in total. The minimum Gasteiger partial charge on any atom is -0.343 e. The van der Waals surface area contributed by atoms with Gasteiger partial charge in [0.25, 0.3) is 5.91 Å². The van der Waals surface area contributed by atoms with Crippen LogP contribution < -0.4 is 5.32 Å². The quantitative estimate of drug-likeness (QED) is 0.625. The van der Waals surface area contributed by atoms with Crippen LogP contribution in [0.25, 0.3) is 0 Å². The van der Waals surface area contributed by atoms with Crippen LogP contribution in [0.2, 0.25) is 0 Å². The molecule has 31 heavy (non-hydrogen) atoms. The first-order chi connectivity index (χ1) is 15.1. The van der Waals surface area contributed by atoms with E-state index in [0.717, 1.165) is 37.2 Å². The minimum atomic E-state index is -0.444. The summed E-state index contributed by atoms with van der Waals surface area (Å²) in [5, 5.41) is 3.09. The zero-order chi connectivity index (χ0) is 21.6. The summed E-state index contributed by atoms with van der Waals surface area (Å²) in [5.74, 6) is -0.868. The van der Waals surface area contributed by atoms with E-state index in [9.17, 15) is 13.6 Å². The molecule has 1 amide bonds. The number of halogens is 2. The molecule has 2 atom stereocenters. The third kappa shape index (κ3) is 5.52. The number of nitrogens with zero attached hydrogens (tertiary/aromatic N) is 2. The van der Waals surface area contributed by atoms with Crippen molar-refractivity contribution in [1.29, 1.82) is 0 Å². The largest absolute Gasteiger partial charge is 0.343 e. The molecule has 1 aromatic heterocycles. The number of aromatic nitrogens is 1. The summed E-state index contributed by atoms with van der Waals surface area (Å²) in [6.07, 6.45) is 3.62. The van der Waals surface area contributed by atoms with E-state index in [0.29, 0.717) is 6.54 Å². The maximum atomic E-state index is 13.6. The van der Waals surface area contributed by atoms with E-state index in [4.69, 9.17) is 0 Å².